The molecule has 0 aliphatic heterocycles. The van der Waals surface area contributed by atoms with Crippen LogP contribution in [0.4, 0.5) is 5.00 Å². The summed E-state index contributed by atoms with van der Waals surface area (Å²) in [7, 11) is 2.30. The van der Waals surface area contributed by atoms with Crippen molar-refractivity contribution in [2.45, 2.75) is 6.42 Å². The molecule has 0 bridgehead atoms. The van der Waals surface area contributed by atoms with E-state index in [2.05, 4.69) is 9.47 Å². The molecule has 0 saturated carbocycles. The van der Waals surface area contributed by atoms with Gasteiger partial charge in [-0.1, -0.05) is 0 Å². The summed E-state index contributed by atoms with van der Waals surface area (Å²) < 4.78 is 9.04. The van der Waals surface area contributed by atoms with E-state index in [0.29, 0.717) is 6.29 Å². The summed E-state index contributed by atoms with van der Waals surface area (Å²) in [5.41, 5.74) is 0.0947. The molecule has 1 aromatic rings. The smallest absolute Gasteiger partial charge is 0.325 e. The van der Waals surface area contributed by atoms with Crippen molar-refractivity contribution in [3.8, 4) is 6.07 Å². The molecule has 0 fully saturated rings. The summed E-state index contributed by atoms with van der Waals surface area (Å²) >= 11 is 0.822. The fourth-order valence-electron chi connectivity index (χ4n) is 1.88. The minimum atomic E-state index is -1.24. The van der Waals surface area contributed by atoms with Crippen LogP contribution in [-0.4, -0.2) is 56.6 Å². The quantitative estimate of drug-likeness (QED) is 0.513. The second kappa shape index (κ2) is 8.64. The molecule has 0 aliphatic rings. The maximum Gasteiger partial charge on any atom is 0.325 e. The third-order valence-electron chi connectivity index (χ3n) is 2.95. The van der Waals surface area contributed by atoms with Crippen molar-refractivity contribution in [2.75, 3.05) is 32.2 Å². The number of aldehydes is 1. The molecule has 0 aromatic carbocycles. The molecule has 9 nitrogen and oxygen atoms in total. The van der Waals surface area contributed by atoms with Crippen molar-refractivity contribution in [2.24, 2.45) is 0 Å². The van der Waals surface area contributed by atoms with Gasteiger partial charge in [0.15, 0.2) is 6.29 Å². The molecule has 0 spiro atoms. The van der Waals surface area contributed by atoms with Gasteiger partial charge in [-0.15, -0.1) is 11.3 Å². The summed E-state index contributed by atoms with van der Waals surface area (Å²) in [4.78, 5) is 46.4. The Bertz CT molecular complexity index is 705. The lowest BCUT2D eigenvalue weighted by Gasteiger charge is -2.20. The number of nitrogens with zero attached hydrogens (tertiary/aromatic N) is 2. The highest BCUT2D eigenvalue weighted by molar-refractivity contribution is 7.18. The SMILES string of the molecule is COC(=O)Cc1c(C=O)sc(N(CC(=O)O)CC(=O)OC)c1C#N. The van der Waals surface area contributed by atoms with Gasteiger partial charge < -0.3 is 19.5 Å². The van der Waals surface area contributed by atoms with Crippen LogP contribution in [0.1, 0.15) is 20.8 Å². The van der Waals surface area contributed by atoms with Crippen LogP contribution in [0.3, 0.4) is 0 Å². The van der Waals surface area contributed by atoms with E-state index in [9.17, 15) is 24.4 Å². The van der Waals surface area contributed by atoms with E-state index in [1.54, 1.807) is 0 Å². The first kappa shape index (κ1) is 19.1. The lowest BCUT2D eigenvalue weighted by atomic mass is 10.1. The van der Waals surface area contributed by atoms with Crippen LogP contribution in [-0.2, 0) is 30.3 Å². The Morgan fingerprint density at radius 1 is 1.25 bits per heavy atom. The number of aliphatic carboxylic acids is 1. The molecule has 0 unspecified atom stereocenters. The second-order valence-electron chi connectivity index (χ2n) is 4.43. The van der Waals surface area contributed by atoms with E-state index in [-0.39, 0.29) is 27.4 Å². The molecule has 128 valence electrons. The highest BCUT2D eigenvalue weighted by atomic mass is 32.1. The largest absolute Gasteiger partial charge is 0.480 e. The third kappa shape index (κ3) is 4.53. The Hall–Kier alpha value is -2.93. The fraction of sp³-hybridized carbons (Fsp3) is 0.357. The normalized spacial score (nSPS) is 9.71. The highest BCUT2D eigenvalue weighted by Crippen LogP contribution is 2.35. The third-order valence-corrected chi connectivity index (χ3v) is 4.17. The number of nitriles is 1. The zero-order chi connectivity index (χ0) is 18.3. The first-order chi connectivity index (χ1) is 11.4. The number of thiophene rings is 1. The molecule has 0 amide bonds. The molecule has 1 heterocycles. The second-order valence-corrected chi connectivity index (χ2v) is 5.46. The van der Waals surface area contributed by atoms with Crippen LogP contribution in [0.15, 0.2) is 0 Å². The van der Waals surface area contributed by atoms with E-state index in [0.717, 1.165) is 30.5 Å². The van der Waals surface area contributed by atoms with Gasteiger partial charge in [0, 0.05) is 5.56 Å². The number of hydrogen-bond acceptors (Lipinski definition) is 9. The molecule has 0 saturated heterocycles. The number of ether oxygens (including phenoxy) is 2. The number of anilines is 1. The minimum Gasteiger partial charge on any atom is -0.480 e. The lowest BCUT2D eigenvalue weighted by molar-refractivity contribution is -0.140. The summed E-state index contributed by atoms with van der Waals surface area (Å²) in [6.45, 7) is -1.01. The topological polar surface area (TPSA) is 134 Å². The molecule has 10 heteroatoms. The molecule has 1 aromatic heterocycles. The van der Waals surface area contributed by atoms with E-state index in [4.69, 9.17) is 5.11 Å². The summed E-state index contributed by atoms with van der Waals surface area (Å²) in [5.74, 6) is -2.61. The Morgan fingerprint density at radius 3 is 2.33 bits per heavy atom. The number of carbonyl (C=O) groups is 4. The van der Waals surface area contributed by atoms with Crippen molar-refractivity contribution in [3.05, 3.63) is 16.0 Å². The molecule has 0 aliphatic carbocycles. The molecular weight excluding hydrogens is 340 g/mol. The van der Waals surface area contributed by atoms with Crippen molar-refractivity contribution < 1.29 is 33.8 Å². The van der Waals surface area contributed by atoms with Gasteiger partial charge in [-0.3, -0.25) is 19.2 Å². The number of carboxylic acids is 1. The zero-order valence-electron chi connectivity index (χ0n) is 12.9. The Labute approximate surface area is 141 Å². The lowest BCUT2D eigenvalue weighted by Crippen LogP contribution is -2.35. The Kier molecular flexibility index (Phi) is 6.88. The standard InChI is InChI=1S/C14H14N2O7S/c1-22-12(20)3-8-9(4-15)14(24-10(8)7-17)16(5-11(18)19)6-13(21)23-2/h7H,3,5-6H2,1-2H3,(H,18,19). The van der Waals surface area contributed by atoms with Crippen LogP contribution in [0.5, 0.6) is 0 Å². The molecule has 0 atom stereocenters. The maximum atomic E-state index is 11.5. The van der Waals surface area contributed by atoms with Crippen molar-refractivity contribution in [1.29, 1.82) is 5.26 Å². The summed E-state index contributed by atoms with van der Waals surface area (Å²) in [6.07, 6.45) is 0.146. The van der Waals surface area contributed by atoms with Crippen molar-refractivity contribution >= 4 is 40.5 Å². The minimum absolute atomic E-state index is 0.0438. The molecule has 24 heavy (non-hydrogen) atoms. The van der Waals surface area contributed by atoms with Crippen LogP contribution >= 0.6 is 11.3 Å². The molecule has 1 rings (SSSR count). The predicted molar refractivity (Wildman–Crippen MR) is 82.0 cm³/mol. The highest BCUT2D eigenvalue weighted by Gasteiger charge is 2.26. The number of esters is 2. The van der Waals surface area contributed by atoms with E-state index in [1.165, 1.54) is 0 Å². The number of carbonyl (C=O) groups excluding carboxylic acids is 3. The molecule has 1 N–H and O–H groups in total. The summed E-state index contributed by atoms with van der Waals surface area (Å²) in [6, 6.07) is 1.85. The first-order valence-corrected chi connectivity index (χ1v) is 7.30. The average Bonchev–Trinajstić information content (AvgIpc) is 2.90. The number of rotatable bonds is 8. The van der Waals surface area contributed by atoms with Crippen LogP contribution in [0.25, 0.3) is 0 Å². The monoisotopic (exact) mass is 354 g/mol. The molecular formula is C14H14N2O7S. The fourth-order valence-corrected chi connectivity index (χ4v) is 2.96. The van der Waals surface area contributed by atoms with Gasteiger partial charge in [0.25, 0.3) is 0 Å². The number of carboxylic acid groups (broad SMARTS) is 1. The Morgan fingerprint density at radius 2 is 1.88 bits per heavy atom. The summed E-state index contributed by atoms with van der Waals surface area (Å²) in [5, 5.41) is 18.5. The van der Waals surface area contributed by atoms with Gasteiger partial charge >= 0.3 is 17.9 Å². The van der Waals surface area contributed by atoms with Crippen molar-refractivity contribution in [1.82, 2.24) is 0 Å². The van der Waals surface area contributed by atoms with Gasteiger partial charge in [-0.05, 0) is 0 Å². The maximum absolute atomic E-state index is 11.5. The number of hydrogen-bond donors (Lipinski definition) is 1. The van der Waals surface area contributed by atoms with Gasteiger partial charge in [-0.25, -0.2) is 0 Å². The van der Waals surface area contributed by atoms with Gasteiger partial charge in [0.05, 0.1) is 31.1 Å². The molecule has 0 radical (unpaired) electrons. The Balaban J connectivity index is 3.39. The first-order valence-electron chi connectivity index (χ1n) is 6.49. The van der Waals surface area contributed by atoms with Crippen LogP contribution in [0, 0.1) is 11.3 Å². The van der Waals surface area contributed by atoms with Crippen LogP contribution in [0.2, 0.25) is 0 Å². The predicted octanol–water partition coefficient (Wildman–Crippen LogP) is 0.212. The van der Waals surface area contributed by atoms with Gasteiger partial charge in [-0.2, -0.15) is 5.26 Å². The number of methoxy groups -OCH3 is 2. The van der Waals surface area contributed by atoms with E-state index in [1.807, 2.05) is 6.07 Å². The van der Waals surface area contributed by atoms with Crippen LogP contribution < -0.4 is 4.90 Å². The van der Waals surface area contributed by atoms with E-state index < -0.39 is 31.0 Å². The van der Waals surface area contributed by atoms with Gasteiger partial charge in [0.1, 0.15) is 24.2 Å². The average molecular weight is 354 g/mol. The van der Waals surface area contributed by atoms with Crippen molar-refractivity contribution in [3.63, 3.8) is 0 Å². The zero-order valence-corrected chi connectivity index (χ0v) is 13.7. The van der Waals surface area contributed by atoms with E-state index >= 15 is 0 Å². The van der Waals surface area contributed by atoms with Gasteiger partial charge in [0.2, 0.25) is 0 Å².